The van der Waals surface area contributed by atoms with E-state index in [1.807, 2.05) is 27.7 Å². The van der Waals surface area contributed by atoms with Crippen LogP contribution in [0.5, 0.6) is 0 Å². The Morgan fingerprint density at radius 2 is 1.67 bits per heavy atom. The van der Waals surface area contributed by atoms with Gasteiger partial charge in [0.25, 0.3) is 0 Å². The second kappa shape index (κ2) is 7.16. The molecule has 24 heavy (non-hydrogen) atoms. The van der Waals surface area contributed by atoms with Gasteiger partial charge in [-0.3, -0.25) is 9.69 Å². The van der Waals surface area contributed by atoms with Crippen LogP contribution in [0.1, 0.15) is 61.3 Å². The summed E-state index contributed by atoms with van der Waals surface area (Å²) in [5.41, 5.74) is -0.574. The second-order valence-electron chi connectivity index (χ2n) is 9.14. The van der Waals surface area contributed by atoms with Gasteiger partial charge in [-0.2, -0.15) is 0 Å². The molecule has 5 nitrogen and oxygen atoms in total. The molecule has 0 saturated carbocycles. The molecule has 1 saturated heterocycles. The maximum Gasteiger partial charge on any atom is 0.410 e. The Morgan fingerprint density at radius 3 is 2.08 bits per heavy atom. The normalized spacial score (nSPS) is 22.6. The molecule has 2 atom stereocenters. The maximum absolute atomic E-state index is 12.5. The Bertz CT molecular complexity index is 476. The molecule has 0 aromatic heterocycles. The minimum absolute atomic E-state index is 0.0436. The first-order valence-electron chi connectivity index (χ1n) is 8.90. The van der Waals surface area contributed by atoms with Crippen molar-refractivity contribution < 1.29 is 18.8 Å². The smallest absolute Gasteiger partial charge is 0.410 e. The molecular formula is C18H35NO4Si. The highest BCUT2D eigenvalue weighted by atomic mass is 28.4. The Hall–Kier alpha value is -0.883. The lowest BCUT2D eigenvalue weighted by atomic mass is 10.1. The highest BCUT2D eigenvalue weighted by Gasteiger charge is 2.48. The molecule has 0 aliphatic carbocycles. The van der Waals surface area contributed by atoms with Crippen molar-refractivity contribution in [1.29, 1.82) is 0 Å². The van der Waals surface area contributed by atoms with E-state index in [1.165, 1.54) is 0 Å². The van der Waals surface area contributed by atoms with Gasteiger partial charge in [-0.1, -0.05) is 27.7 Å². The van der Waals surface area contributed by atoms with Crippen LogP contribution < -0.4 is 0 Å². The van der Waals surface area contributed by atoms with Crippen LogP contribution in [0.15, 0.2) is 0 Å². The van der Waals surface area contributed by atoms with E-state index in [2.05, 4.69) is 33.9 Å². The van der Waals surface area contributed by atoms with Crippen LogP contribution in [0.25, 0.3) is 0 Å². The number of hydrogen-bond acceptors (Lipinski definition) is 4. The highest BCUT2D eigenvalue weighted by Crippen LogP contribution is 2.39. The lowest BCUT2D eigenvalue weighted by Crippen LogP contribution is -2.51. The molecule has 1 rings (SSSR count). The van der Waals surface area contributed by atoms with E-state index in [0.717, 1.165) is 0 Å². The molecule has 1 heterocycles. The van der Waals surface area contributed by atoms with Crippen LogP contribution in [0.2, 0.25) is 18.1 Å². The number of nitrogens with zero attached hydrogens (tertiary/aromatic N) is 1. The predicted molar refractivity (Wildman–Crippen MR) is 98.7 cm³/mol. The SMILES string of the molecule is CCC(=O)[C@@H]1[C@@H](O[Si](C)(C)C(C)(C)C)CCN1C(=O)OC(C)(C)C. The monoisotopic (exact) mass is 357 g/mol. The summed E-state index contributed by atoms with van der Waals surface area (Å²) in [5, 5.41) is 0.0617. The first-order valence-corrected chi connectivity index (χ1v) is 11.8. The molecule has 6 heteroatoms. The fourth-order valence-electron chi connectivity index (χ4n) is 2.56. The van der Waals surface area contributed by atoms with Crippen LogP contribution in [0, 0.1) is 0 Å². The highest BCUT2D eigenvalue weighted by molar-refractivity contribution is 6.74. The third-order valence-electron chi connectivity index (χ3n) is 4.90. The van der Waals surface area contributed by atoms with E-state index in [1.54, 1.807) is 4.90 Å². The lowest BCUT2D eigenvalue weighted by Gasteiger charge is -2.40. The number of Topliss-reactive ketones (excluding diaryl/α,β-unsaturated/α-hetero) is 1. The average Bonchev–Trinajstić information content (AvgIpc) is 2.77. The molecule has 0 spiro atoms. The largest absolute Gasteiger partial charge is 0.444 e. The zero-order valence-corrected chi connectivity index (χ0v) is 17.9. The molecule has 1 aliphatic heterocycles. The molecule has 0 radical (unpaired) electrons. The van der Waals surface area contributed by atoms with Crippen molar-refractivity contribution in [3.8, 4) is 0 Å². The molecule has 1 amide bonds. The van der Waals surface area contributed by atoms with Crippen molar-refractivity contribution in [3.63, 3.8) is 0 Å². The predicted octanol–water partition coefficient (Wildman–Crippen LogP) is 4.37. The molecule has 0 bridgehead atoms. The van der Waals surface area contributed by atoms with E-state index in [9.17, 15) is 9.59 Å². The number of ketones is 1. The Kier molecular flexibility index (Phi) is 6.31. The summed E-state index contributed by atoms with van der Waals surface area (Å²) in [7, 11) is -2.01. The van der Waals surface area contributed by atoms with Gasteiger partial charge in [0.2, 0.25) is 0 Å². The van der Waals surface area contributed by atoms with Crippen molar-refractivity contribution in [2.24, 2.45) is 0 Å². The van der Waals surface area contributed by atoms with Gasteiger partial charge in [0.15, 0.2) is 14.1 Å². The van der Waals surface area contributed by atoms with Gasteiger partial charge in [-0.15, -0.1) is 0 Å². The van der Waals surface area contributed by atoms with Crippen molar-refractivity contribution in [3.05, 3.63) is 0 Å². The molecule has 1 aliphatic rings. The average molecular weight is 358 g/mol. The van der Waals surface area contributed by atoms with E-state index in [-0.39, 0.29) is 16.9 Å². The van der Waals surface area contributed by atoms with Crippen molar-refractivity contribution in [2.45, 2.75) is 97.2 Å². The third kappa shape index (κ3) is 5.05. The van der Waals surface area contributed by atoms with Crippen LogP contribution in [0.3, 0.4) is 0 Å². The molecule has 140 valence electrons. The summed E-state index contributed by atoms with van der Waals surface area (Å²) in [6, 6.07) is -0.529. The fraction of sp³-hybridized carbons (Fsp3) is 0.889. The van der Waals surface area contributed by atoms with E-state index in [4.69, 9.17) is 9.16 Å². The number of amides is 1. The van der Waals surface area contributed by atoms with Crippen LogP contribution in [-0.4, -0.2) is 49.4 Å². The quantitative estimate of drug-likeness (QED) is 0.701. The van der Waals surface area contributed by atoms with Gasteiger partial charge >= 0.3 is 6.09 Å². The fourth-order valence-corrected chi connectivity index (χ4v) is 3.92. The zero-order valence-electron chi connectivity index (χ0n) is 16.9. The van der Waals surface area contributed by atoms with Gasteiger partial charge in [0, 0.05) is 13.0 Å². The van der Waals surface area contributed by atoms with Gasteiger partial charge in [-0.25, -0.2) is 4.79 Å². The topological polar surface area (TPSA) is 55.8 Å². The van der Waals surface area contributed by atoms with Gasteiger partial charge in [0.05, 0.1) is 6.10 Å². The first kappa shape index (κ1) is 21.2. The van der Waals surface area contributed by atoms with E-state index in [0.29, 0.717) is 19.4 Å². The molecule has 1 fully saturated rings. The van der Waals surface area contributed by atoms with Crippen molar-refractivity contribution >= 4 is 20.2 Å². The second-order valence-corrected chi connectivity index (χ2v) is 13.9. The molecule has 0 aromatic carbocycles. The van der Waals surface area contributed by atoms with Crippen molar-refractivity contribution in [2.75, 3.05) is 6.54 Å². The Morgan fingerprint density at radius 1 is 1.12 bits per heavy atom. The molecule has 0 unspecified atom stereocenters. The first-order chi connectivity index (χ1) is 10.7. The number of ether oxygens (including phenoxy) is 1. The van der Waals surface area contributed by atoms with Crippen LogP contribution >= 0.6 is 0 Å². The minimum Gasteiger partial charge on any atom is -0.444 e. The number of rotatable bonds is 4. The van der Waals surface area contributed by atoms with E-state index >= 15 is 0 Å². The van der Waals surface area contributed by atoms with Crippen molar-refractivity contribution in [1.82, 2.24) is 4.90 Å². The van der Waals surface area contributed by atoms with Crippen LogP contribution in [0.4, 0.5) is 4.79 Å². The summed E-state index contributed by atoms with van der Waals surface area (Å²) in [6.45, 7) is 18.7. The van der Waals surface area contributed by atoms with Crippen LogP contribution in [-0.2, 0) is 14.0 Å². The third-order valence-corrected chi connectivity index (χ3v) is 9.41. The molecule has 0 aromatic rings. The summed E-state index contributed by atoms with van der Waals surface area (Å²) in [6.07, 6.45) is 0.422. The summed E-state index contributed by atoms with van der Waals surface area (Å²) in [5.74, 6) is 0.0436. The number of carbonyl (C=O) groups excluding carboxylic acids is 2. The maximum atomic E-state index is 12.5. The van der Waals surface area contributed by atoms with E-state index < -0.39 is 26.1 Å². The van der Waals surface area contributed by atoms with Gasteiger partial charge in [-0.05, 0) is 45.3 Å². The Balaban J connectivity index is 3.00. The van der Waals surface area contributed by atoms with Gasteiger partial charge < -0.3 is 9.16 Å². The number of hydrogen-bond donors (Lipinski definition) is 0. The summed E-state index contributed by atoms with van der Waals surface area (Å²) in [4.78, 5) is 26.6. The summed E-state index contributed by atoms with van der Waals surface area (Å²) >= 11 is 0. The Labute approximate surface area is 148 Å². The number of likely N-dealkylation sites (tertiary alicyclic amines) is 1. The standard InChI is InChI=1S/C18H35NO4Si/c1-10-13(20)15-14(23-24(8,9)18(5,6)7)11-12-19(15)16(21)22-17(2,3)4/h14-15H,10-12H2,1-9H3/t14-,15+/m0/s1. The minimum atomic E-state index is -2.01. The summed E-state index contributed by atoms with van der Waals surface area (Å²) < 4.78 is 12.0. The number of carbonyl (C=O) groups is 2. The zero-order chi connectivity index (χ0) is 18.9. The van der Waals surface area contributed by atoms with Gasteiger partial charge in [0.1, 0.15) is 11.6 Å². The lowest BCUT2D eigenvalue weighted by molar-refractivity contribution is -0.125. The molecule has 0 N–H and O–H groups in total. The molecular weight excluding hydrogens is 322 g/mol.